The number of non-ortho nitro benzene ring substituents is 1. The minimum absolute atomic E-state index is 0. The minimum Gasteiger partial charge on any atom is -0.480 e. The maximum absolute atomic E-state index is 10.2. The number of halogens is 2. The number of carbonyl (C=O) groups is 1. The minimum atomic E-state index is -1.00. The number of carboxylic acids is 1. The summed E-state index contributed by atoms with van der Waals surface area (Å²) in [5.41, 5.74) is 21.2. The van der Waals surface area contributed by atoms with Gasteiger partial charge in [0.2, 0.25) is 0 Å². The summed E-state index contributed by atoms with van der Waals surface area (Å²) in [4.78, 5) is 23.5. The number of anilines is 1. The molecule has 0 aromatic heterocycles. The predicted octanol–water partition coefficient (Wildman–Crippen LogP) is 0.473. The first kappa shape index (κ1) is 26.6. The lowest BCUT2D eigenvalue weighted by atomic mass is 10.2. The van der Waals surface area contributed by atoms with Crippen LogP contribution < -0.4 is 22.9 Å². The fraction of sp³-hybridized carbons (Fsp3) is 0.333. The molecule has 10 nitrogen and oxygen atoms in total. The highest BCUT2D eigenvalue weighted by atomic mass is 35.5. The second-order valence-electron chi connectivity index (χ2n) is 4.24. The summed E-state index contributed by atoms with van der Waals surface area (Å²) in [5, 5.41) is 18.5. The molecule has 9 N–H and O–H groups in total. The van der Waals surface area contributed by atoms with E-state index in [-0.39, 0.29) is 36.5 Å². The molecule has 1 rings (SSSR count). The Balaban J connectivity index is -0.000000342. The standard InChI is InChI=1S/C6H14N4O2.C6H6N2O2.2ClH/c7-4(5(11)12)2-1-3-10-6(8)9;7-5-1-3-6(4-2-5)8(9)10;;/h4H,1-3,7H2,(H,11,12)(H4,8,9,10);1-4H,7H2;2*1H. The van der Waals surface area contributed by atoms with E-state index >= 15 is 0 Å². The largest absolute Gasteiger partial charge is 0.480 e. The van der Waals surface area contributed by atoms with Gasteiger partial charge in [0.1, 0.15) is 6.04 Å². The van der Waals surface area contributed by atoms with Crippen molar-refractivity contribution >= 4 is 48.1 Å². The molecule has 0 aliphatic rings. The third kappa shape index (κ3) is 13.4. The number of carboxylic acid groups (broad SMARTS) is 1. The molecule has 1 unspecified atom stereocenters. The average Bonchev–Trinajstić information content (AvgIpc) is 2.44. The summed E-state index contributed by atoms with van der Waals surface area (Å²) in [6.07, 6.45) is 0.956. The summed E-state index contributed by atoms with van der Waals surface area (Å²) < 4.78 is 0. The zero-order valence-corrected chi connectivity index (χ0v) is 14.3. The number of aliphatic imine (C=N–C) groups is 1. The zero-order valence-electron chi connectivity index (χ0n) is 12.7. The first-order valence-corrected chi connectivity index (χ1v) is 6.27. The van der Waals surface area contributed by atoms with Crippen LogP contribution in [-0.2, 0) is 4.79 Å². The number of nitrogens with zero attached hydrogens (tertiary/aromatic N) is 2. The monoisotopic (exact) mass is 384 g/mol. The van der Waals surface area contributed by atoms with Crippen LogP contribution in [0.1, 0.15) is 12.8 Å². The number of aliphatic carboxylic acids is 1. The molecule has 0 saturated heterocycles. The smallest absolute Gasteiger partial charge is 0.320 e. The molecule has 0 saturated carbocycles. The van der Waals surface area contributed by atoms with E-state index in [4.69, 9.17) is 28.0 Å². The van der Waals surface area contributed by atoms with Crippen LogP contribution in [0.3, 0.4) is 0 Å². The van der Waals surface area contributed by atoms with Gasteiger partial charge in [-0.1, -0.05) is 0 Å². The fourth-order valence-electron chi connectivity index (χ4n) is 1.24. The van der Waals surface area contributed by atoms with Crippen LogP contribution in [0.25, 0.3) is 0 Å². The van der Waals surface area contributed by atoms with E-state index in [0.29, 0.717) is 25.1 Å². The maximum atomic E-state index is 10.2. The van der Waals surface area contributed by atoms with Crippen molar-refractivity contribution in [2.24, 2.45) is 22.2 Å². The van der Waals surface area contributed by atoms with Crippen molar-refractivity contribution < 1.29 is 14.8 Å². The lowest BCUT2D eigenvalue weighted by molar-refractivity contribution is -0.384. The molecule has 0 amide bonds. The third-order valence-electron chi connectivity index (χ3n) is 2.39. The normalized spacial score (nSPS) is 9.88. The number of guanidine groups is 1. The molecular weight excluding hydrogens is 363 g/mol. The van der Waals surface area contributed by atoms with Gasteiger partial charge in [-0.05, 0) is 25.0 Å². The summed E-state index contributed by atoms with van der Waals surface area (Å²) in [7, 11) is 0. The summed E-state index contributed by atoms with van der Waals surface area (Å²) in [6, 6.07) is 4.92. The Bertz CT molecular complexity index is 523. The van der Waals surface area contributed by atoms with Crippen molar-refractivity contribution in [3.8, 4) is 0 Å². The molecule has 0 spiro atoms. The number of benzene rings is 1. The molecule has 1 aromatic carbocycles. The molecule has 0 radical (unpaired) electrons. The molecule has 24 heavy (non-hydrogen) atoms. The molecule has 0 aliphatic heterocycles. The van der Waals surface area contributed by atoms with Crippen LogP contribution in [0, 0.1) is 10.1 Å². The van der Waals surface area contributed by atoms with E-state index in [1.807, 2.05) is 0 Å². The summed E-state index contributed by atoms with van der Waals surface area (Å²) in [6.45, 7) is 0.420. The van der Waals surface area contributed by atoms with E-state index in [0.717, 1.165) is 0 Å². The third-order valence-corrected chi connectivity index (χ3v) is 2.39. The van der Waals surface area contributed by atoms with E-state index in [1.165, 1.54) is 24.3 Å². The van der Waals surface area contributed by atoms with Crippen LogP contribution in [0.15, 0.2) is 29.3 Å². The van der Waals surface area contributed by atoms with Gasteiger partial charge >= 0.3 is 5.97 Å². The topological polar surface area (TPSA) is 197 Å². The van der Waals surface area contributed by atoms with E-state index in [9.17, 15) is 14.9 Å². The van der Waals surface area contributed by atoms with E-state index < -0.39 is 16.9 Å². The molecule has 138 valence electrons. The Hall–Kier alpha value is -2.30. The van der Waals surface area contributed by atoms with Crippen molar-refractivity contribution in [1.82, 2.24) is 0 Å². The summed E-state index contributed by atoms with van der Waals surface area (Å²) >= 11 is 0. The Morgan fingerprint density at radius 1 is 1.25 bits per heavy atom. The number of hydrogen-bond donors (Lipinski definition) is 5. The molecule has 1 aromatic rings. The molecule has 0 aliphatic carbocycles. The first-order valence-electron chi connectivity index (χ1n) is 6.27. The Morgan fingerprint density at radius 2 is 1.75 bits per heavy atom. The van der Waals surface area contributed by atoms with Crippen molar-refractivity contribution in [3.63, 3.8) is 0 Å². The van der Waals surface area contributed by atoms with Gasteiger partial charge in [-0.3, -0.25) is 19.9 Å². The first-order chi connectivity index (χ1) is 10.2. The van der Waals surface area contributed by atoms with Crippen molar-refractivity contribution in [3.05, 3.63) is 34.4 Å². The van der Waals surface area contributed by atoms with Crippen LogP contribution >= 0.6 is 24.8 Å². The van der Waals surface area contributed by atoms with Crippen molar-refractivity contribution in [2.75, 3.05) is 12.3 Å². The molecular formula is C12H22Cl2N6O4. The van der Waals surface area contributed by atoms with Gasteiger partial charge in [-0.15, -0.1) is 24.8 Å². The van der Waals surface area contributed by atoms with E-state index in [2.05, 4.69) is 4.99 Å². The van der Waals surface area contributed by atoms with Gasteiger partial charge < -0.3 is 28.0 Å². The number of nitrogen functional groups attached to an aromatic ring is 1. The Kier molecular flexibility index (Phi) is 15.8. The van der Waals surface area contributed by atoms with Gasteiger partial charge in [0.25, 0.3) is 5.69 Å². The highest BCUT2D eigenvalue weighted by molar-refractivity contribution is 5.85. The highest BCUT2D eigenvalue weighted by Crippen LogP contribution is 2.12. The van der Waals surface area contributed by atoms with Crippen LogP contribution in [0.5, 0.6) is 0 Å². The SMILES string of the molecule is Cl.Cl.NC(N)=NCCCC(N)C(=O)O.Nc1ccc([N+](=O)[O-])cc1. The Labute approximate surface area is 151 Å². The van der Waals surface area contributed by atoms with Crippen LogP contribution in [0.2, 0.25) is 0 Å². The quantitative estimate of drug-likeness (QED) is 0.116. The maximum Gasteiger partial charge on any atom is 0.320 e. The molecule has 0 fully saturated rings. The number of nitro groups is 1. The van der Waals surface area contributed by atoms with E-state index in [1.54, 1.807) is 0 Å². The summed E-state index contributed by atoms with van der Waals surface area (Å²) in [5.74, 6) is -0.987. The van der Waals surface area contributed by atoms with Gasteiger partial charge in [0, 0.05) is 24.4 Å². The average molecular weight is 385 g/mol. The van der Waals surface area contributed by atoms with Crippen LogP contribution in [0.4, 0.5) is 11.4 Å². The molecule has 0 heterocycles. The lowest BCUT2D eigenvalue weighted by Crippen LogP contribution is -2.30. The Morgan fingerprint density at radius 3 is 2.12 bits per heavy atom. The zero-order chi connectivity index (χ0) is 17.1. The predicted molar refractivity (Wildman–Crippen MR) is 97.5 cm³/mol. The number of nitrogens with two attached hydrogens (primary N) is 4. The molecule has 0 bridgehead atoms. The lowest BCUT2D eigenvalue weighted by Gasteiger charge is -2.03. The number of rotatable bonds is 6. The van der Waals surface area contributed by atoms with Gasteiger partial charge in [0.05, 0.1) is 4.92 Å². The van der Waals surface area contributed by atoms with Gasteiger partial charge in [-0.2, -0.15) is 0 Å². The fourth-order valence-corrected chi connectivity index (χ4v) is 1.24. The van der Waals surface area contributed by atoms with Gasteiger partial charge in [-0.25, -0.2) is 0 Å². The number of hydrogen-bond acceptors (Lipinski definition) is 6. The van der Waals surface area contributed by atoms with Crippen molar-refractivity contribution in [1.29, 1.82) is 0 Å². The highest BCUT2D eigenvalue weighted by Gasteiger charge is 2.09. The second kappa shape index (κ2) is 14.3. The van der Waals surface area contributed by atoms with Gasteiger partial charge in [0.15, 0.2) is 5.96 Å². The molecule has 1 atom stereocenters. The molecule has 12 heteroatoms. The van der Waals surface area contributed by atoms with Crippen LogP contribution in [-0.4, -0.2) is 34.5 Å². The van der Waals surface area contributed by atoms with Crippen molar-refractivity contribution in [2.45, 2.75) is 18.9 Å². The number of nitro benzene ring substituents is 1. The second-order valence-corrected chi connectivity index (χ2v) is 4.24.